The molecule has 16 heavy (non-hydrogen) atoms. The van der Waals surface area contributed by atoms with Crippen molar-refractivity contribution in [3.63, 3.8) is 0 Å². The summed E-state index contributed by atoms with van der Waals surface area (Å²) in [5.41, 5.74) is -0.317. The Labute approximate surface area is 98.1 Å². The molecule has 1 unspecified atom stereocenters. The zero-order valence-electron chi connectivity index (χ0n) is 11.0. The van der Waals surface area contributed by atoms with Gasteiger partial charge in [0, 0.05) is 12.1 Å². The maximum Gasteiger partial charge on any atom is 0.407 e. The number of nitrogens with one attached hydrogen (secondary N) is 2. The Balaban J connectivity index is 2.32. The van der Waals surface area contributed by atoms with Crippen molar-refractivity contribution in [2.45, 2.75) is 52.2 Å². The predicted molar refractivity (Wildman–Crippen MR) is 64.4 cm³/mol. The van der Waals surface area contributed by atoms with Crippen molar-refractivity contribution in [3.05, 3.63) is 0 Å². The summed E-state index contributed by atoms with van der Waals surface area (Å²) in [6.07, 6.45) is 0.776. The van der Waals surface area contributed by atoms with Crippen LogP contribution in [0.5, 0.6) is 0 Å². The summed E-state index contributed by atoms with van der Waals surface area (Å²) >= 11 is 0. The van der Waals surface area contributed by atoms with Gasteiger partial charge in [0.25, 0.3) is 0 Å². The third-order valence-corrected chi connectivity index (χ3v) is 2.99. The van der Waals surface area contributed by atoms with Gasteiger partial charge in [-0.1, -0.05) is 0 Å². The van der Waals surface area contributed by atoms with E-state index in [0.717, 1.165) is 13.0 Å². The van der Waals surface area contributed by atoms with Crippen LogP contribution in [0.1, 0.15) is 41.0 Å². The van der Waals surface area contributed by atoms with E-state index in [0.29, 0.717) is 12.5 Å². The Morgan fingerprint density at radius 2 is 2.12 bits per heavy atom. The average molecular weight is 228 g/mol. The highest BCUT2D eigenvalue weighted by atomic mass is 16.6. The summed E-state index contributed by atoms with van der Waals surface area (Å²) in [5.74, 6) is 0.472. The van der Waals surface area contributed by atoms with Crippen LogP contribution in [0.25, 0.3) is 0 Å². The first kappa shape index (κ1) is 13.3. The standard InChI is InChI=1S/C12H24N2O2/c1-11(2,3)16-10(15)13-8-9-6-7-14-12(9,4)5/h9,14H,6-8H2,1-5H3,(H,13,15). The highest BCUT2D eigenvalue weighted by Crippen LogP contribution is 2.24. The van der Waals surface area contributed by atoms with E-state index in [1.54, 1.807) is 0 Å². The van der Waals surface area contributed by atoms with Crippen LogP contribution in [0.2, 0.25) is 0 Å². The third-order valence-electron chi connectivity index (χ3n) is 2.99. The first-order chi connectivity index (χ1) is 7.21. The van der Waals surface area contributed by atoms with Crippen molar-refractivity contribution in [1.82, 2.24) is 10.6 Å². The Morgan fingerprint density at radius 1 is 1.50 bits per heavy atom. The largest absolute Gasteiger partial charge is 0.444 e. The first-order valence-corrected chi connectivity index (χ1v) is 5.92. The van der Waals surface area contributed by atoms with Gasteiger partial charge in [0.1, 0.15) is 5.60 Å². The Kier molecular flexibility index (Phi) is 3.84. The minimum Gasteiger partial charge on any atom is -0.444 e. The minimum absolute atomic E-state index is 0.106. The van der Waals surface area contributed by atoms with E-state index in [4.69, 9.17) is 4.74 Å². The molecule has 1 aliphatic heterocycles. The lowest BCUT2D eigenvalue weighted by atomic mass is 9.89. The van der Waals surface area contributed by atoms with Gasteiger partial charge < -0.3 is 15.4 Å². The van der Waals surface area contributed by atoms with Gasteiger partial charge >= 0.3 is 6.09 Å². The molecule has 1 saturated heterocycles. The molecule has 1 heterocycles. The molecule has 4 nitrogen and oxygen atoms in total. The van der Waals surface area contributed by atoms with E-state index in [2.05, 4.69) is 24.5 Å². The smallest absolute Gasteiger partial charge is 0.407 e. The van der Waals surface area contributed by atoms with Crippen LogP contribution in [0.15, 0.2) is 0 Å². The molecule has 0 saturated carbocycles. The lowest BCUT2D eigenvalue weighted by Gasteiger charge is -2.28. The van der Waals surface area contributed by atoms with Crippen LogP contribution in [0.4, 0.5) is 4.79 Å². The van der Waals surface area contributed by atoms with Crippen molar-refractivity contribution >= 4 is 6.09 Å². The molecule has 0 aliphatic carbocycles. The molecule has 1 aliphatic rings. The van der Waals surface area contributed by atoms with Gasteiger partial charge in [-0.2, -0.15) is 0 Å². The topological polar surface area (TPSA) is 50.4 Å². The monoisotopic (exact) mass is 228 g/mol. The lowest BCUT2D eigenvalue weighted by Crippen LogP contribution is -2.44. The summed E-state index contributed by atoms with van der Waals surface area (Å²) < 4.78 is 5.20. The fraction of sp³-hybridized carbons (Fsp3) is 0.917. The zero-order chi connectivity index (χ0) is 12.4. The molecule has 2 N–H and O–H groups in total. The molecule has 1 atom stereocenters. The number of hydrogen-bond acceptors (Lipinski definition) is 3. The molecule has 0 aromatic carbocycles. The van der Waals surface area contributed by atoms with E-state index in [1.165, 1.54) is 0 Å². The van der Waals surface area contributed by atoms with Gasteiger partial charge in [0.15, 0.2) is 0 Å². The van der Waals surface area contributed by atoms with Crippen LogP contribution in [0.3, 0.4) is 0 Å². The summed E-state index contributed by atoms with van der Waals surface area (Å²) in [4.78, 5) is 11.5. The molecule has 94 valence electrons. The molecule has 0 radical (unpaired) electrons. The van der Waals surface area contributed by atoms with Crippen molar-refractivity contribution in [2.24, 2.45) is 5.92 Å². The van der Waals surface area contributed by atoms with Crippen molar-refractivity contribution in [2.75, 3.05) is 13.1 Å². The molecule has 0 aromatic heterocycles. The van der Waals surface area contributed by atoms with Crippen molar-refractivity contribution in [1.29, 1.82) is 0 Å². The fourth-order valence-electron chi connectivity index (χ4n) is 1.95. The van der Waals surface area contributed by atoms with Crippen LogP contribution < -0.4 is 10.6 Å². The molecule has 0 spiro atoms. The molecule has 0 bridgehead atoms. The lowest BCUT2D eigenvalue weighted by molar-refractivity contribution is 0.0514. The van der Waals surface area contributed by atoms with Crippen molar-refractivity contribution in [3.8, 4) is 0 Å². The second kappa shape index (κ2) is 4.62. The van der Waals surface area contributed by atoms with E-state index in [1.807, 2.05) is 20.8 Å². The second-order valence-corrected chi connectivity index (χ2v) is 6.02. The molecular weight excluding hydrogens is 204 g/mol. The van der Waals surface area contributed by atoms with Gasteiger partial charge in [-0.05, 0) is 53.5 Å². The van der Waals surface area contributed by atoms with E-state index < -0.39 is 5.60 Å². The van der Waals surface area contributed by atoms with E-state index >= 15 is 0 Å². The summed E-state index contributed by atoms with van der Waals surface area (Å²) in [6.45, 7) is 11.6. The van der Waals surface area contributed by atoms with Gasteiger partial charge in [0.2, 0.25) is 0 Å². The number of ether oxygens (including phenoxy) is 1. The number of rotatable bonds is 2. The molecular formula is C12H24N2O2. The fourth-order valence-corrected chi connectivity index (χ4v) is 1.95. The summed E-state index contributed by atoms with van der Waals surface area (Å²) in [5, 5.41) is 6.26. The molecule has 1 amide bonds. The van der Waals surface area contributed by atoms with Crippen LogP contribution in [-0.2, 0) is 4.74 Å². The number of hydrogen-bond donors (Lipinski definition) is 2. The highest BCUT2D eigenvalue weighted by molar-refractivity contribution is 5.67. The molecule has 4 heteroatoms. The second-order valence-electron chi connectivity index (χ2n) is 6.02. The zero-order valence-corrected chi connectivity index (χ0v) is 11.0. The SMILES string of the molecule is CC(C)(C)OC(=O)NCC1CCNC1(C)C. The number of alkyl carbamates (subject to hydrolysis) is 1. The summed E-state index contributed by atoms with van der Waals surface area (Å²) in [6, 6.07) is 0. The molecule has 0 aromatic rings. The molecule has 1 rings (SSSR count). The van der Waals surface area contributed by atoms with E-state index in [9.17, 15) is 4.79 Å². The van der Waals surface area contributed by atoms with Gasteiger partial charge in [-0.3, -0.25) is 0 Å². The average Bonchev–Trinajstić information content (AvgIpc) is 2.38. The third kappa shape index (κ3) is 4.00. The van der Waals surface area contributed by atoms with E-state index in [-0.39, 0.29) is 11.6 Å². The maximum absolute atomic E-state index is 11.5. The number of amides is 1. The van der Waals surface area contributed by atoms with Crippen LogP contribution in [0, 0.1) is 5.92 Å². The number of carbonyl (C=O) groups excluding carboxylic acids is 1. The first-order valence-electron chi connectivity index (χ1n) is 5.92. The van der Waals surface area contributed by atoms with Gasteiger partial charge in [-0.15, -0.1) is 0 Å². The Hall–Kier alpha value is -0.770. The van der Waals surface area contributed by atoms with Crippen LogP contribution >= 0.6 is 0 Å². The van der Waals surface area contributed by atoms with Crippen LogP contribution in [-0.4, -0.2) is 30.3 Å². The van der Waals surface area contributed by atoms with Gasteiger partial charge in [-0.25, -0.2) is 4.79 Å². The van der Waals surface area contributed by atoms with Crippen molar-refractivity contribution < 1.29 is 9.53 Å². The highest BCUT2D eigenvalue weighted by Gasteiger charge is 2.34. The molecule has 1 fully saturated rings. The summed E-state index contributed by atoms with van der Waals surface area (Å²) in [7, 11) is 0. The van der Waals surface area contributed by atoms with Gasteiger partial charge in [0.05, 0.1) is 0 Å². The number of carbonyl (C=O) groups is 1. The predicted octanol–water partition coefficient (Wildman–Crippen LogP) is 1.90. The maximum atomic E-state index is 11.5. The minimum atomic E-state index is -0.423. The normalized spacial score (nSPS) is 24.2. The Bertz CT molecular complexity index is 256. The quantitative estimate of drug-likeness (QED) is 0.759. The Morgan fingerprint density at radius 3 is 2.56 bits per heavy atom.